The van der Waals surface area contributed by atoms with Gasteiger partial charge in [-0.1, -0.05) is 0 Å². The van der Waals surface area contributed by atoms with Crippen molar-refractivity contribution in [1.82, 2.24) is 0 Å². The van der Waals surface area contributed by atoms with Gasteiger partial charge in [-0.3, -0.25) is 0 Å². The Kier molecular flexibility index (Phi) is 3.98. The van der Waals surface area contributed by atoms with Gasteiger partial charge in [-0.05, 0) is 31.4 Å². The number of hydrogen-bond donors (Lipinski definition) is 0. The maximum absolute atomic E-state index is 14.6. The normalized spacial score (nSPS) is 16.4. The van der Waals surface area contributed by atoms with E-state index in [1.165, 1.54) is 14.2 Å². The third-order valence-corrected chi connectivity index (χ3v) is 3.65. The van der Waals surface area contributed by atoms with Crippen LogP contribution in [0.1, 0.15) is 30.4 Å². The number of nitrogens with zero attached hydrogens (tertiary/aromatic N) is 1. The molecular weight excluding hydrogens is 249 g/mol. The maximum atomic E-state index is 14.6. The van der Waals surface area contributed by atoms with E-state index < -0.39 is 11.4 Å². The van der Waals surface area contributed by atoms with Crippen molar-refractivity contribution in [1.29, 1.82) is 0 Å². The standard InChI is InChI=1S/C14H16FNO3/c1-18-8-10-12(19-2)5-4-11(13(10)15)14(16-9-17)6-3-7-14/h4-5H,3,6-8H2,1-2H3. The monoisotopic (exact) mass is 265 g/mol. The highest BCUT2D eigenvalue weighted by atomic mass is 19.1. The number of carbonyl (C=O) groups excluding carboxylic acids is 1. The molecule has 0 aliphatic heterocycles. The molecule has 102 valence electrons. The van der Waals surface area contributed by atoms with Crippen molar-refractivity contribution in [3.63, 3.8) is 0 Å². The zero-order valence-corrected chi connectivity index (χ0v) is 11.0. The van der Waals surface area contributed by atoms with Crippen molar-refractivity contribution in [3.8, 4) is 5.75 Å². The van der Waals surface area contributed by atoms with Gasteiger partial charge in [-0.25, -0.2) is 9.18 Å². The average molecular weight is 265 g/mol. The molecule has 0 unspecified atom stereocenters. The van der Waals surface area contributed by atoms with Gasteiger partial charge in [-0.2, -0.15) is 4.99 Å². The Balaban J connectivity index is 2.52. The highest BCUT2D eigenvalue weighted by molar-refractivity contribution is 5.45. The highest BCUT2D eigenvalue weighted by Crippen LogP contribution is 2.47. The summed E-state index contributed by atoms with van der Waals surface area (Å²) in [6.45, 7) is 0.115. The first-order valence-electron chi connectivity index (χ1n) is 6.12. The van der Waals surface area contributed by atoms with E-state index >= 15 is 0 Å². The summed E-state index contributed by atoms with van der Waals surface area (Å²) in [5.74, 6) is 0.0348. The van der Waals surface area contributed by atoms with Gasteiger partial charge in [0.15, 0.2) is 0 Å². The van der Waals surface area contributed by atoms with Crippen molar-refractivity contribution in [2.75, 3.05) is 14.2 Å². The molecule has 0 radical (unpaired) electrons. The third-order valence-electron chi connectivity index (χ3n) is 3.65. The van der Waals surface area contributed by atoms with Crippen molar-refractivity contribution >= 4 is 6.08 Å². The Morgan fingerprint density at radius 2 is 2.16 bits per heavy atom. The van der Waals surface area contributed by atoms with Crippen molar-refractivity contribution in [2.45, 2.75) is 31.4 Å². The first-order chi connectivity index (χ1) is 9.18. The van der Waals surface area contributed by atoms with Crippen LogP contribution in [0.2, 0.25) is 0 Å². The van der Waals surface area contributed by atoms with Crippen LogP contribution in [0, 0.1) is 5.82 Å². The first-order valence-corrected chi connectivity index (χ1v) is 6.12. The molecule has 1 aliphatic carbocycles. The number of aliphatic imine (C=N–C) groups is 1. The molecule has 2 rings (SSSR count). The van der Waals surface area contributed by atoms with Crippen LogP contribution in [0.5, 0.6) is 5.75 Å². The summed E-state index contributed by atoms with van der Waals surface area (Å²) in [7, 11) is 2.98. The molecule has 0 bridgehead atoms. The van der Waals surface area contributed by atoms with Crippen LogP contribution < -0.4 is 4.74 Å². The summed E-state index contributed by atoms with van der Waals surface area (Å²) in [6.07, 6.45) is 3.82. The number of methoxy groups -OCH3 is 2. The average Bonchev–Trinajstić information content (AvgIpc) is 2.37. The SMILES string of the molecule is COCc1c(OC)ccc(C2(N=C=O)CCC2)c1F. The van der Waals surface area contributed by atoms with E-state index in [0.29, 0.717) is 29.7 Å². The Morgan fingerprint density at radius 1 is 1.42 bits per heavy atom. The Hall–Kier alpha value is -1.71. The molecular formula is C14H16FNO3. The summed E-state index contributed by atoms with van der Waals surface area (Å²) in [6, 6.07) is 3.32. The van der Waals surface area contributed by atoms with Gasteiger partial charge in [0.05, 0.1) is 19.3 Å². The second-order valence-corrected chi connectivity index (χ2v) is 4.63. The van der Waals surface area contributed by atoms with Gasteiger partial charge in [0, 0.05) is 12.7 Å². The second-order valence-electron chi connectivity index (χ2n) is 4.63. The van der Waals surface area contributed by atoms with Crippen LogP contribution in [0.15, 0.2) is 17.1 Å². The minimum Gasteiger partial charge on any atom is -0.496 e. The van der Waals surface area contributed by atoms with E-state index in [1.54, 1.807) is 18.2 Å². The van der Waals surface area contributed by atoms with Gasteiger partial charge >= 0.3 is 0 Å². The van der Waals surface area contributed by atoms with E-state index in [0.717, 1.165) is 6.42 Å². The fraction of sp³-hybridized carbons (Fsp3) is 0.500. The van der Waals surface area contributed by atoms with E-state index in [2.05, 4.69) is 4.99 Å². The quantitative estimate of drug-likeness (QED) is 0.607. The molecule has 5 heteroatoms. The minimum absolute atomic E-state index is 0.115. The molecule has 0 heterocycles. The number of rotatable bonds is 5. The number of hydrogen-bond acceptors (Lipinski definition) is 4. The lowest BCUT2D eigenvalue weighted by atomic mass is 9.72. The molecule has 0 aromatic heterocycles. The fourth-order valence-corrected chi connectivity index (χ4v) is 2.47. The molecule has 0 spiro atoms. The molecule has 1 aromatic carbocycles. The van der Waals surface area contributed by atoms with Gasteiger partial charge in [0.1, 0.15) is 17.1 Å². The molecule has 1 saturated carbocycles. The molecule has 19 heavy (non-hydrogen) atoms. The molecule has 0 atom stereocenters. The highest BCUT2D eigenvalue weighted by Gasteiger charge is 2.41. The van der Waals surface area contributed by atoms with Crippen LogP contribution in [-0.4, -0.2) is 20.3 Å². The molecule has 0 N–H and O–H groups in total. The summed E-state index contributed by atoms with van der Waals surface area (Å²) in [5.41, 5.74) is 0.0328. The van der Waals surface area contributed by atoms with E-state index in [9.17, 15) is 9.18 Å². The summed E-state index contributed by atoms with van der Waals surface area (Å²) in [4.78, 5) is 14.4. The van der Waals surface area contributed by atoms with Crippen molar-refractivity contribution < 1.29 is 18.7 Å². The van der Waals surface area contributed by atoms with Crippen LogP contribution in [0.4, 0.5) is 4.39 Å². The predicted molar refractivity (Wildman–Crippen MR) is 67.3 cm³/mol. The van der Waals surface area contributed by atoms with E-state index in [1.807, 2.05) is 0 Å². The lowest BCUT2D eigenvalue weighted by Gasteiger charge is -2.37. The third kappa shape index (κ3) is 2.27. The lowest BCUT2D eigenvalue weighted by Crippen LogP contribution is -2.33. The summed E-state index contributed by atoms with van der Waals surface area (Å²) in [5, 5.41) is 0. The summed E-state index contributed by atoms with van der Waals surface area (Å²) < 4.78 is 24.7. The molecule has 0 saturated heterocycles. The molecule has 0 amide bonds. The molecule has 1 aliphatic rings. The second kappa shape index (κ2) is 5.51. The molecule has 1 fully saturated rings. The molecule has 4 nitrogen and oxygen atoms in total. The topological polar surface area (TPSA) is 47.9 Å². The Labute approximate surface area is 111 Å². The lowest BCUT2D eigenvalue weighted by molar-refractivity contribution is 0.176. The number of isocyanates is 1. The van der Waals surface area contributed by atoms with Gasteiger partial charge in [0.2, 0.25) is 6.08 Å². The first kappa shape index (κ1) is 13.7. The van der Waals surface area contributed by atoms with E-state index in [-0.39, 0.29) is 6.61 Å². The van der Waals surface area contributed by atoms with Crippen LogP contribution in [-0.2, 0) is 21.7 Å². The minimum atomic E-state index is -0.749. The summed E-state index contributed by atoms with van der Waals surface area (Å²) >= 11 is 0. The Bertz CT molecular complexity index is 520. The number of ether oxygens (including phenoxy) is 2. The van der Waals surface area contributed by atoms with Crippen molar-refractivity contribution in [2.24, 2.45) is 4.99 Å². The number of halogens is 1. The van der Waals surface area contributed by atoms with Gasteiger partial charge in [0.25, 0.3) is 0 Å². The van der Waals surface area contributed by atoms with Crippen molar-refractivity contribution in [3.05, 3.63) is 29.1 Å². The zero-order chi connectivity index (χ0) is 13.9. The number of benzene rings is 1. The fourth-order valence-electron chi connectivity index (χ4n) is 2.47. The largest absolute Gasteiger partial charge is 0.496 e. The molecule has 1 aromatic rings. The van der Waals surface area contributed by atoms with Crippen LogP contribution >= 0.6 is 0 Å². The maximum Gasteiger partial charge on any atom is 0.235 e. The predicted octanol–water partition coefficient (Wildman–Crippen LogP) is 2.70. The van der Waals surface area contributed by atoms with Gasteiger partial charge in [-0.15, -0.1) is 0 Å². The van der Waals surface area contributed by atoms with Gasteiger partial charge < -0.3 is 9.47 Å². The van der Waals surface area contributed by atoms with E-state index in [4.69, 9.17) is 9.47 Å². The zero-order valence-electron chi connectivity index (χ0n) is 11.0. The van der Waals surface area contributed by atoms with Crippen LogP contribution in [0.25, 0.3) is 0 Å². The van der Waals surface area contributed by atoms with Crippen LogP contribution in [0.3, 0.4) is 0 Å². The smallest absolute Gasteiger partial charge is 0.235 e. The Morgan fingerprint density at radius 3 is 2.63 bits per heavy atom.